The fourth-order valence-electron chi connectivity index (χ4n) is 3.09. The van der Waals surface area contributed by atoms with Gasteiger partial charge in [-0.1, -0.05) is 42.8 Å². The van der Waals surface area contributed by atoms with Crippen LogP contribution in [-0.4, -0.2) is 12.6 Å². The molecule has 3 nitrogen and oxygen atoms in total. The third-order valence-electron chi connectivity index (χ3n) is 4.31. The fourth-order valence-corrected chi connectivity index (χ4v) is 3.93. The summed E-state index contributed by atoms with van der Waals surface area (Å²) in [4.78, 5) is 15.9. The van der Waals surface area contributed by atoms with Gasteiger partial charge in [0, 0.05) is 22.0 Å². The van der Waals surface area contributed by atoms with Crippen molar-refractivity contribution in [1.82, 2.24) is 0 Å². The zero-order chi connectivity index (χ0) is 16.1. The number of anilines is 1. The summed E-state index contributed by atoms with van der Waals surface area (Å²) in [5.41, 5.74) is 6.48. The van der Waals surface area contributed by atoms with Crippen molar-refractivity contribution in [2.24, 2.45) is 11.7 Å². The van der Waals surface area contributed by atoms with Crippen LogP contribution in [-0.2, 0) is 0 Å². The van der Waals surface area contributed by atoms with Crippen LogP contribution >= 0.6 is 11.8 Å². The first-order valence-corrected chi connectivity index (χ1v) is 8.94. The molecule has 1 fully saturated rings. The molecule has 120 valence electrons. The van der Waals surface area contributed by atoms with Crippen molar-refractivity contribution in [3.05, 3.63) is 54.6 Å². The molecule has 0 atom stereocenters. The smallest absolute Gasteiger partial charge is 0.319 e. The number of carbonyl (C=O) groups is 1. The minimum Gasteiger partial charge on any atom is -0.351 e. The maximum Gasteiger partial charge on any atom is 0.319 e. The Morgan fingerprint density at radius 3 is 2.22 bits per heavy atom. The number of rotatable bonds is 5. The average molecular weight is 326 g/mol. The number of urea groups is 1. The fraction of sp³-hybridized carbons (Fsp3) is 0.316. The first kappa shape index (κ1) is 15.9. The van der Waals surface area contributed by atoms with E-state index in [0.29, 0.717) is 5.92 Å². The Labute approximate surface area is 141 Å². The molecule has 2 N–H and O–H groups in total. The molecule has 2 aromatic rings. The minimum atomic E-state index is -0.361. The second kappa shape index (κ2) is 7.55. The van der Waals surface area contributed by atoms with Gasteiger partial charge in [0.2, 0.25) is 0 Å². The standard InChI is InChI=1S/C19H22N2OS/c20-19(22)21(14-15-6-4-5-7-15)16-10-12-18(13-11-16)23-17-8-2-1-3-9-17/h1-3,8-13,15H,4-7,14H2,(H2,20,22). The number of hydrogen-bond acceptors (Lipinski definition) is 2. The van der Waals surface area contributed by atoms with E-state index in [4.69, 9.17) is 5.73 Å². The van der Waals surface area contributed by atoms with Gasteiger partial charge in [-0.15, -0.1) is 0 Å². The van der Waals surface area contributed by atoms with Crippen LogP contribution in [0.5, 0.6) is 0 Å². The lowest BCUT2D eigenvalue weighted by Crippen LogP contribution is -2.38. The molecule has 4 heteroatoms. The highest BCUT2D eigenvalue weighted by Crippen LogP contribution is 2.31. The lowest BCUT2D eigenvalue weighted by atomic mass is 10.1. The molecule has 3 rings (SSSR count). The minimum absolute atomic E-state index is 0.361. The molecule has 0 spiro atoms. The number of nitrogens with two attached hydrogens (primary N) is 1. The molecule has 0 heterocycles. The Morgan fingerprint density at radius 2 is 1.61 bits per heavy atom. The van der Waals surface area contributed by atoms with Gasteiger partial charge in [0.25, 0.3) is 0 Å². The van der Waals surface area contributed by atoms with Crippen LogP contribution in [0.1, 0.15) is 25.7 Å². The molecule has 2 aromatic carbocycles. The van der Waals surface area contributed by atoms with Crippen molar-refractivity contribution in [2.45, 2.75) is 35.5 Å². The van der Waals surface area contributed by atoms with E-state index in [1.165, 1.54) is 30.6 Å². The summed E-state index contributed by atoms with van der Waals surface area (Å²) in [5, 5.41) is 0. The van der Waals surface area contributed by atoms with Gasteiger partial charge in [-0.25, -0.2) is 4.79 Å². The van der Waals surface area contributed by atoms with Gasteiger partial charge >= 0.3 is 6.03 Å². The van der Waals surface area contributed by atoms with E-state index in [2.05, 4.69) is 24.3 Å². The molecule has 1 saturated carbocycles. The van der Waals surface area contributed by atoms with Gasteiger partial charge in [-0.05, 0) is 55.2 Å². The first-order valence-electron chi connectivity index (χ1n) is 8.12. The van der Waals surface area contributed by atoms with E-state index < -0.39 is 0 Å². The summed E-state index contributed by atoms with van der Waals surface area (Å²) < 4.78 is 0. The summed E-state index contributed by atoms with van der Waals surface area (Å²) in [5.74, 6) is 0.584. The highest BCUT2D eigenvalue weighted by atomic mass is 32.2. The zero-order valence-corrected chi connectivity index (χ0v) is 14.0. The molecule has 0 radical (unpaired) electrons. The largest absolute Gasteiger partial charge is 0.351 e. The van der Waals surface area contributed by atoms with Crippen LogP contribution in [0.15, 0.2) is 64.4 Å². The molecule has 0 bridgehead atoms. The topological polar surface area (TPSA) is 46.3 Å². The Balaban J connectivity index is 1.69. The normalized spacial score (nSPS) is 14.8. The third kappa shape index (κ3) is 4.29. The summed E-state index contributed by atoms with van der Waals surface area (Å²) in [6.45, 7) is 0.737. The highest BCUT2D eigenvalue weighted by molar-refractivity contribution is 7.99. The quantitative estimate of drug-likeness (QED) is 0.848. The molecule has 0 aliphatic heterocycles. The molecule has 1 aliphatic carbocycles. The lowest BCUT2D eigenvalue weighted by Gasteiger charge is -2.24. The Morgan fingerprint density at radius 1 is 1.00 bits per heavy atom. The van der Waals surface area contributed by atoms with Crippen molar-refractivity contribution >= 4 is 23.5 Å². The van der Waals surface area contributed by atoms with Crippen LogP contribution in [0.4, 0.5) is 10.5 Å². The van der Waals surface area contributed by atoms with Crippen molar-refractivity contribution in [2.75, 3.05) is 11.4 Å². The van der Waals surface area contributed by atoms with E-state index in [0.717, 1.165) is 17.1 Å². The molecule has 23 heavy (non-hydrogen) atoms. The predicted octanol–water partition coefficient (Wildman–Crippen LogP) is 4.91. The number of carbonyl (C=O) groups excluding carboxylic acids is 1. The van der Waals surface area contributed by atoms with Gasteiger partial charge in [0.05, 0.1) is 0 Å². The van der Waals surface area contributed by atoms with Crippen molar-refractivity contribution in [1.29, 1.82) is 0 Å². The van der Waals surface area contributed by atoms with Crippen LogP contribution in [0, 0.1) is 5.92 Å². The van der Waals surface area contributed by atoms with Crippen LogP contribution in [0.25, 0.3) is 0 Å². The van der Waals surface area contributed by atoms with E-state index >= 15 is 0 Å². The Bertz CT molecular complexity index is 636. The highest BCUT2D eigenvalue weighted by Gasteiger charge is 2.21. The molecular weight excluding hydrogens is 304 g/mol. The van der Waals surface area contributed by atoms with E-state index in [1.807, 2.05) is 30.3 Å². The number of amides is 2. The lowest BCUT2D eigenvalue weighted by molar-refractivity contribution is 0.252. The summed E-state index contributed by atoms with van der Waals surface area (Å²) in [6.07, 6.45) is 4.94. The van der Waals surface area contributed by atoms with Crippen LogP contribution in [0.3, 0.4) is 0 Å². The van der Waals surface area contributed by atoms with E-state index in [9.17, 15) is 4.79 Å². The number of benzene rings is 2. The van der Waals surface area contributed by atoms with Crippen LogP contribution < -0.4 is 10.6 Å². The van der Waals surface area contributed by atoms with Crippen LogP contribution in [0.2, 0.25) is 0 Å². The maximum atomic E-state index is 11.8. The van der Waals surface area contributed by atoms with E-state index in [1.54, 1.807) is 16.7 Å². The van der Waals surface area contributed by atoms with Crippen molar-refractivity contribution < 1.29 is 4.79 Å². The molecule has 1 aliphatic rings. The molecule has 0 unspecified atom stereocenters. The second-order valence-electron chi connectivity index (χ2n) is 6.01. The van der Waals surface area contributed by atoms with Crippen molar-refractivity contribution in [3.63, 3.8) is 0 Å². The molecule has 0 saturated heterocycles. The second-order valence-corrected chi connectivity index (χ2v) is 7.16. The van der Waals surface area contributed by atoms with Crippen molar-refractivity contribution in [3.8, 4) is 0 Å². The van der Waals surface area contributed by atoms with Gasteiger partial charge in [0.15, 0.2) is 0 Å². The van der Waals surface area contributed by atoms with Gasteiger partial charge in [-0.2, -0.15) is 0 Å². The molecule has 0 aromatic heterocycles. The number of primary amides is 1. The van der Waals surface area contributed by atoms with E-state index in [-0.39, 0.29) is 6.03 Å². The maximum absolute atomic E-state index is 11.8. The van der Waals surface area contributed by atoms with Gasteiger partial charge in [0.1, 0.15) is 0 Å². The molecular formula is C19H22N2OS. The predicted molar refractivity (Wildman–Crippen MR) is 95.9 cm³/mol. The summed E-state index contributed by atoms with van der Waals surface area (Å²) in [7, 11) is 0. The average Bonchev–Trinajstić information content (AvgIpc) is 3.07. The Hall–Kier alpha value is -1.94. The SMILES string of the molecule is NC(=O)N(CC1CCCC1)c1ccc(Sc2ccccc2)cc1. The first-order chi connectivity index (χ1) is 11.2. The Kier molecular flexibility index (Phi) is 5.23. The summed E-state index contributed by atoms with van der Waals surface area (Å²) in [6, 6.07) is 18.0. The van der Waals surface area contributed by atoms with Gasteiger partial charge in [-0.3, -0.25) is 4.90 Å². The van der Waals surface area contributed by atoms with Gasteiger partial charge < -0.3 is 5.73 Å². The molecule has 2 amide bonds. The summed E-state index contributed by atoms with van der Waals surface area (Å²) >= 11 is 1.71. The number of nitrogens with zero attached hydrogens (tertiary/aromatic N) is 1. The zero-order valence-electron chi connectivity index (χ0n) is 13.2. The third-order valence-corrected chi connectivity index (χ3v) is 5.32. The number of hydrogen-bond donors (Lipinski definition) is 1. The monoisotopic (exact) mass is 326 g/mol.